The van der Waals surface area contributed by atoms with Crippen molar-refractivity contribution in [3.8, 4) is 0 Å². The summed E-state index contributed by atoms with van der Waals surface area (Å²) in [7, 11) is 0. The van der Waals surface area contributed by atoms with Crippen molar-refractivity contribution in [2.24, 2.45) is 0 Å². The van der Waals surface area contributed by atoms with Gasteiger partial charge in [-0.05, 0) is 43.9 Å². The number of carbonyl (C=O) groups excluding carboxylic acids is 2. The topological polar surface area (TPSA) is 55.4 Å². The number of rotatable bonds is 4. The highest BCUT2D eigenvalue weighted by molar-refractivity contribution is 6.42. The maximum absolute atomic E-state index is 12.8. The zero-order valence-corrected chi connectivity index (χ0v) is 16.3. The number of Topliss-reactive ketones (excluding diaryl/α,β-unsaturated/α-hetero) is 1. The molecule has 1 N–H and O–H groups in total. The predicted octanol–water partition coefficient (Wildman–Crippen LogP) is 4.91. The lowest BCUT2D eigenvalue weighted by atomic mass is 9.75. The fraction of sp³-hybridized carbons (Fsp3) is 0.400. The Balaban J connectivity index is 2.13. The van der Waals surface area contributed by atoms with Crippen molar-refractivity contribution < 1.29 is 14.3 Å². The molecule has 1 atom stereocenters. The van der Waals surface area contributed by atoms with Crippen molar-refractivity contribution >= 4 is 35.0 Å². The molecular formula is C20H21Cl2NO3. The number of dihydropyridines is 1. The third-order valence-corrected chi connectivity index (χ3v) is 5.45. The van der Waals surface area contributed by atoms with E-state index in [2.05, 4.69) is 5.32 Å². The zero-order chi connectivity index (χ0) is 18.8. The van der Waals surface area contributed by atoms with Gasteiger partial charge in [0.2, 0.25) is 0 Å². The molecule has 26 heavy (non-hydrogen) atoms. The van der Waals surface area contributed by atoms with Crippen LogP contribution in [0.25, 0.3) is 0 Å². The quantitative estimate of drug-likeness (QED) is 0.737. The Morgan fingerprint density at radius 1 is 1.27 bits per heavy atom. The maximum Gasteiger partial charge on any atom is 0.336 e. The smallest absolute Gasteiger partial charge is 0.336 e. The van der Waals surface area contributed by atoms with Crippen LogP contribution < -0.4 is 5.32 Å². The van der Waals surface area contributed by atoms with Gasteiger partial charge in [0.1, 0.15) is 0 Å². The first-order valence-electron chi connectivity index (χ1n) is 8.80. The van der Waals surface area contributed by atoms with E-state index in [9.17, 15) is 9.59 Å². The summed E-state index contributed by atoms with van der Waals surface area (Å²) in [5, 5.41) is 4.09. The predicted molar refractivity (Wildman–Crippen MR) is 102 cm³/mol. The Kier molecular flexibility index (Phi) is 5.73. The molecule has 2 aliphatic rings. The van der Waals surface area contributed by atoms with Gasteiger partial charge in [-0.1, -0.05) is 36.2 Å². The van der Waals surface area contributed by atoms with Crippen LogP contribution in [0.1, 0.15) is 51.0 Å². The molecule has 1 aromatic carbocycles. The summed E-state index contributed by atoms with van der Waals surface area (Å²) < 4.78 is 5.39. The lowest BCUT2D eigenvalue weighted by Gasteiger charge is -2.34. The molecule has 4 nitrogen and oxygen atoms in total. The van der Waals surface area contributed by atoms with Crippen LogP contribution in [0.4, 0.5) is 0 Å². The van der Waals surface area contributed by atoms with Gasteiger partial charge in [0.05, 0.1) is 22.2 Å². The molecule has 0 saturated heterocycles. The lowest BCUT2D eigenvalue weighted by molar-refractivity contribution is -0.139. The van der Waals surface area contributed by atoms with Crippen LogP contribution in [0, 0.1) is 0 Å². The standard InChI is InChI=1S/C20H21Cl2NO3/c1-3-9-26-20(25)17-11(2)23-15-5-4-6-16(24)19(15)18(17)12-7-8-13(21)14(22)10-12/h7-8,10,18,23H,3-6,9H2,1-2H3. The molecule has 138 valence electrons. The molecule has 1 aromatic rings. The van der Waals surface area contributed by atoms with Crippen LogP contribution in [0.15, 0.2) is 40.7 Å². The molecule has 1 unspecified atom stereocenters. The van der Waals surface area contributed by atoms with Crippen molar-refractivity contribution in [3.05, 3.63) is 56.3 Å². The molecule has 0 radical (unpaired) electrons. The number of benzene rings is 1. The number of ketones is 1. The van der Waals surface area contributed by atoms with E-state index in [0.29, 0.717) is 34.2 Å². The van der Waals surface area contributed by atoms with Gasteiger partial charge >= 0.3 is 5.97 Å². The lowest BCUT2D eigenvalue weighted by Crippen LogP contribution is -2.34. The van der Waals surface area contributed by atoms with Crippen molar-refractivity contribution in [3.63, 3.8) is 0 Å². The number of ether oxygens (including phenoxy) is 1. The Hall–Kier alpha value is -1.78. The summed E-state index contributed by atoms with van der Waals surface area (Å²) in [5.74, 6) is -0.834. The van der Waals surface area contributed by atoms with E-state index in [0.717, 1.165) is 36.2 Å². The van der Waals surface area contributed by atoms with Crippen LogP contribution in [-0.2, 0) is 14.3 Å². The Morgan fingerprint density at radius 3 is 2.73 bits per heavy atom. The van der Waals surface area contributed by atoms with Crippen molar-refractivity contribution in [1.29, 1.82) is 0 Å². The minimum Gasteiger partial charge on any atom is -0.462 e. The van der Waals surface area contributed by atoms with E-state index in [1.807, 2.05) is 19.9 Å². The third kappa shape index (κ3) is 3.53. The highest BCUT2D eigenvalue weighted by atomic mass is 35.5. The summed E-state index contributed by atoms with van der Waals surface area (Å²) in [6, 6.07) is 5.24. The maximum atomic E-state index is 12.8. The van der Waals surface area contributed by atoms with Gasteiger partial charge in [-0.15, -0.1) is 0 Å². The van der Waals surface area contributed by atoms with Crippen LogP contribution in [-0.4, -0.2) is 18.4 Å². The van der Waals surface area contributed by atoms with Gasteiger partial charge in [0, 0.05) is 29.3 Å². The number of halogens is 2. The van der Waals surface area contributed by atoms with Crippen LogP contribution in [0.2, 0.25) is 10.0 Å². The second kappa shape index (κ2) is 7.85. The largest absolute Gasteiger partial charge is 0.462 e. The third-order valence-electron chi connectivity index (χ3n) is 4.71. The van der Waals surface area contributed by atoms with E-state index in [4.69, 9.17) is 27.9 Å². The molecule has 0 bridgehead atoms. The van der Waals surface area contributed by atoms with Gasteiger partial charge in [0.15, 0.2) is 5.78 Å². The molecular weight excluding hydrogens is 373 g/mol. The number of hydrogen-bond acceptors (Lipinski definition) is 4. The van der Waals surface area contributed by atoms with Crippen molar-refractivity contribution in [2.45, 2.75) is 45.4 Å². The van der Waals surface area contributed by atoms with Crippen LogP contribution in [0.5, 0.6) is 0 Å². The SMILES string of the molecule is CCCOC(=O)C1=C(C)NC2=C(C(=O)CCC2)C1c1ccc(Cl)c(Cl)c1. The fourth-order valence-corrected chi connectivity index (χ4v) is 3.86. The van der Waals surface area contributed by atoms with Crippen LogP contribution in [0.3, 0.4) is 0 Å². The second-order valence-corrected chi connectivity index (χ2v) is 7.39. The van der Waals surface area contributed by atoms with E-state index in [1.165, 1.54) is 0 Å². The zero-order valence-electron chi connectivity index (χ0n) is 14.8. The second-order valence-electron chi connectivity index (χ2n) is 6.58. The average Bonchev–Trinajstić information content (AvgIpc) is 2.61. The average molecular weight is 394 g/mol. The Morgan fingerprint density at radius 2 is 2.04 bits per heavy atom. The van der Waals surface area contributed by atoms with Gasteiger partial charge in [-0.2, -0.15) is 0 Å². The molecule has 0 saturated carbocycles. The number of esters is 1. The molecule has 6 heteroatoms. The normalized spacial score (nSPS) is 20.0. The van der Waals surface area contributed by atoms with E-state index in [-0.39, 0.29) is 5.78 Å². The molecule has 0 spiro atoms. The summed E-state index contributed by atoms with van der Waals surface area (Å²) in [5.41, 5.74) is 3.48. The summed E-state index contributed by atoms with van der Waals surface area (Å²) in [6.07, 6.45) is 2.81. The Bertz CT molecular complexity index is 826. The molecule has 3 rings (SSSR count). The van der Waals surface area contributed by atoms with Gasteiger partial charge in [-0.3, -0.25) is 4.79 Å². The van der Waals surface area contributed by atoms with E-state index < -0.39 is 11.9 Å². The Labute approximate surface area is 163 Å². The monoisotopic (exact) mass is 393 g/mol. The van der Waals surface area contributed by atoms with Crippen molar-refractivity contribution in [2.75, 3.05) is 6.61 Å². The summed E-state index contributed by atoms with van der Waals surface area (Å²) in [4.78, 5) is 25.5. The van der Waals surface area contributed by atoms with Gasteiger partial charge in [-0.25, -0.2) is 4.79 Å². The van der Waals surface area contributed by atoms with Gasteiger partial charge in [0.25, 0.3) is 0 Å². The highest BCUT2D eigenvalue weighted by Gasteiger charge is 2.39. The molecule has 1 aliphatic heterocycles. The minimum atomic E-state index is -0.488. The number of nitrogens with one attached hydrogen (secondary N) is 1. The summed E-state index contributed by atoms with van der Waals surface area (Å²) in [6.45, 7) is 4.12. The first kappa shape index (κ1) is 19.0. The van der Waals surface area contributed by atoms with E-state index in [1.54, 1.807) is 12.1 Å². The van der Waals surface area contributed by atoms with Gasteiger partial charge < -0.3 is 10.1 Å². The highest BCUT2D eigenvalue weighted by Crippen LogP contribution is 2.43. The molecule has 0 amide bonds. The molecule has 0 aromatic heterocycles. The summed E-state index contributed by atoms with van der Waals surface area (Å²) >= 11 is 12.3. The first-order chi connectivity index (χ1) is 12.4. The first-order valence-corrected chi connectivity index (χ1v) is 9.55. The minimum absolute atomic E-state index is 0.0584. The number of hydrogen-bond donors (Lipinski definition) is 1. The molecule has 1 heterocycles. The number of carbonyl (C=O) groups is 2. The molecule has 0 fully saturated rings. The van der Waals surface area contributed by atoms with Crippen molar-refractivity contribution in [1.82, 2.24) is 5.32 Å². The van der Waals surface area contributed by atoms with E-state index >= 15 is 0 Å². The molecule has 1 aliphatic carbocycles. The number of allylic oxidation sites excluding steroid dienone is 3. The fourth-order valence-electron chi connectivity index (χ4n) is 3.55. The van der Waals surface area contributed by atoms with Crippen LogP contribution >= 0.6 is 23.2 Å².